The number of carbonyl (C=O) groups is 1. The molecule has 0 atom stereocenters. The molecule has 0 fully saturated rings. The number of hydrogen-bond acceptors (Lipinski definition) is 4. The molecule has 2 heterocycles. The highest BCUT2D eigenvalue weighted by molar-refractivity contribution is 6.14. The summed E-state index contributed by atoms with van der Waals surface area (Å²) in [6, 6.07) is 14.1. The molecule has 0 aromatic heterocycles. The minimum atomic E-state index is -0.165. The van der Waals surface area contributed by atoms with Gasteiger partial charge < -0.3 is 14.8 Å². The molecule has 27 heavy (non-hydrogen) atoms. The molecule has 2 aromatic rings. The van der Waals surface area contributed by atoms with Crippen LogP contribution in [0.4, 0.5) is 0 Å². The summed E-state index contributed by atoms with van der Waals surface area (Å²) in [5, 5.41) is 2.87. The molecule has 0 aliphatic carbocycles. The van der Waals surface area contributed by atoms with Gasteiger partial charge in [0.25, 0.3) is 5.91 Å². The Labute approximate surface area is 158 Å². The van der Waals surface area contributed by atoms with Crippen LogP contribution in [0.5, 0.6) is 11.5 Å². The van der Waals surface area contributed by atoms with E-state index in [9.17, 15) is 4.79 Å². The van der Waals surface area contributed by atoms with Gasteiger partial charge in [0.1, 0.15) is 11.5 Å². The number of aliphatic imine (C=N–C) groups is 1. The number of ether oxygens (including phenoxy) is 2. The van der Waals surface area contributed by atoms with Gasteiger partial charge in [-0.3, -0.25) is 4.79 Å². The van der Waals surface area contributed by atoms with Crippen molar-refractivity contribution in [1.29, 1.82) is 0 Å². The maximum atomic E-state index is 12.2. The molecule has 4 rings (SSSR count). The molecular weight excluding hydrogens is 340 g/mol. The highest BCUT2D eigenvalue weighted by atomic mass is 16.5. The number of nitrogens with one attached hydrogen (secondary N) is 1. The molecule has 1 amide bonds. The standard InChI is InChI=1S/C22H22N2O3/c1-15-4-2-5-16(12-15)7-9-21-23-18(22(25)24-21)13-17-6-8-19-20(14-17)27-11-3-10-26-19/h2,4-6,8,12-14H,3,7,9-11H2,1H3,(H,23,24,25)/b18-13+. The average Bonchev–Trinajstić information content (AvgIpc) is 2.86. The van der Waals surface area contributed by atoms with Crippen LogP contribution in [0.25, 0.3) is 6.08 Å². The molecule has 1 N–H and O–H groups in total. The Morgan fingerprint density at radius 1 is 1.07 bits per heavy atom. The predicted molar refractivity (Wildman–Crippen MR) is 105 cm³/mol. The Kier molecular flexibility index (Phi) is 4.92. The molecule has 138 valence electrons. The number of aryl methyl sites for hydroxylation is 2. The molecule has 0 saturated heterocycles. The summed E-state index contributed by atoms with van der Waals surface area (Å²) in [6.45, 7) is 3.37. The monoisotopic (exact) mass is 362 g/mol. The lowest BCUT2D eigenvalue weighted by atomic mass is 10.1. The van der Waals surface area contributed by atoms with Crippen LogP contribution in [0.1, 0.15) is 29.5 Å². The first-order chi connectivity index (χ1) is 13.2. The predicted octanol–water partition coefficient (Wildman–Crippen LogP) is 3.66. The summed E-state index contributed by atoms with van der Waals surface area (Å²) in [4.78, 5) is 16.7. The first-order valence-corrected chi connectivity index (χ1v) is 9.23. The highest BCUT2D eigenvalue weighted by Crippen LogP contribution is 2.31. The van der Waals surface area contributed by atoms with E-state index < -0.39 is 0 Å². The summed E-state index contributed by atoms with van der Waals surface area (Å²) in [5.41, 5.74) is 3.77. The minimum absolute atomic E-state index is 0.165. The second-order valence-electron chi connectivity index (χ2n) is 6.79. The fourth-order valence-electron chi connectivity index (χ4n) is 3.19. The largest absolute Gasteiger partial charge is 0.490 e. The van der Waals surface area contributed by atoms with Crippen molar-refractivity contribution in [2.75, 3.05) is 13.2 Å². The zero-order chi connectivity index (χ0) is 18.6. The Bertz CT molecular complexity index is 931. The van der Waals surface area contributed by atoms with E-state index in [4.69, 9.17) is 9.47 Å². The molecule has 5 nitrogen and oxygen atoms in total. The van der Waals surface area contributed by atoms with Crippen molar-refractivity contribution >= 4 is 17.8 Å². The number of hydrogen-bond donors (Lipinski definition) is 1. The number of rotatable bonds is 4. The van der Waals surface area contributed by atoms with Gasteiger partial charge in [-0.1, -0.05) is 35.9 Å². The average molecular weight is 362 g/mol. The van der Waals surface area contributed by atoms with Crippen molar-refractivity contribution in [2.24, 2.45) is 4.99 Å². The van der Waals surface area contributed by atoms with Crippen molar-refractivity contribution in [1.82, 2.24) is 5.32 Å². The summed E-state index contributed by atoms with van der Waals surface area (Å²) >= 11 is 0. The third-order valence-electron chi connectivity index (χ3n) is 4.55. The maximum absolute atomic E-state index is 12.2. The highest BCUT2D eigenvalue weighted by Gasteiger charge is 2.20. The van der Waals surface area contributed by atoms with Crippen molar-refractivity contribution in [2.45, 2.75) is 26.2 Å². The van der Waals surface area contributed by atoms with Gasteiger partial charge >= 0.3 is 0 Å². The minimum Gasteiger partial charge on any atom is -0.490 e. The van der Waals surface area contributed by atoms with E-state index in [1.54, 1.807) is 6.08 Å². The lowest BCUT2D eigenvalue weighted by molar-refractivity contribution is -0.115. The Hall–Kier alpha value is -3.08. The second-order valence-corrected chi connectivity index (χ2v) is 6.79. The van der Waals surface area contributed by atoms with E-state index in [-0.39, 0.29) is 5.91 Å². The smallest absolute Gasteiger partial charge is 0.275 e. The summed E-state index contributed by atoms with van der Waals surface area (Å²) < 4.78 is 11.3. The molecule has 0 bridgehead atoms. The van der Waals surface area contributed by atoms with Crippen LogP contribution in [-0.2, 0) is 11.2 Å². The first-order valence-electron chi connectivity index (χ1n) is 9.23. The lowest BCUT2D eigenvalue weighted by Crippen LogP contribution is -2.24. The third kappa shape index (κ3) is 4.19. The summed E-state index contributed by atoms with van der Waals surface area (Å²) in [7, 11) is 0. The van der Waals surface area contributed by atoms with Crippen LogP contribution in [0.15, 0.2) is 53.2 Å². The van der Waals surface area contributed by atoms with Crippen LogP contribution < -0.4 is 14.8 Å². The SMILES string of the molecule is Cc1cccc(CCC2=N/C(=C/c3ccc4c(c3)OCCCO4)C(=O)N2)c1. The fourth-order valence-corrected chi connectivity index (χ4v) is 3.19. The zero-order valence-electron chi connectivity index (χ0n) is 15.3. The zero-order valence-corrected chi connectivity index (χ0v) is 15.3. The van der Waals surface area contributed by atoms with E-state index >= 15 is 0 Å². The van der Waals surface area contributed by atoms with Crippen LogP contribution >= 0.6 is 0 Å². The van der Waals surface area contributed by atoms with Crippen molar-refractivity contribution in [3.8, 4) is 11.5 Å². The molecule has 0 unspecified atom stereocenters. The molecule has 2 aromatic carbocycles. The van der Waals surface area contributed by atoms with E-state index in [1.807, 2.05) is 18.2 Å². The number of fused-ring (bicyclic) bond motifs is 1. The Balaban J connectivity index is 1.48. The second kappa shape index (κ2) is 7.66. The number of amidine groups is 1. The van der Waals surface area contributed by atoms with Gasteiger partial charge in [-0.2, -0.15) is 0 Å². The number of carbonyl (C=O) groups excluding carboxylic acids is 1. The van der Waals surface area contributed by atoms with E-state index in [0.717, 1.165) is 24.2 Å². The normalized spacial score (nSPS) is 17.4. The third-order valence-corrected chi connectivity index (χ3v) is 4.55. The summed E-state index contributed by atoms with van der Waals surface area (Å²) in [5.74, 6) is 2.00. The van der Waals surface area contributed by atoms with Crippen molar-refractivity contribution < 1.29 is 14.3 Å². The first kappa shape index (κ1) is 17.3. The molecular formula is C22H22N2O3. The van der Waals surface area contributed by atoms with Crippen LogP contribution in [-0.4, -0.2) is 25.0 Å². The van der Waals surface area contributed by atoms with Gasteiger partial charge in [0.2, 0.25) is 0 Å². The van der Waals surface area contributed by atoms with Crippen LogP contribution in [0.2, 0.25) is 0 Å². The molecule has 0 radical (unpaired) electrons. The maximum Gasteiger partial charge on any atom is 0.275 e. The van der Waals surface area contributed by atoms with Gasteiger partial charge in [-0.05, 0) is 42.7 Å². The van der Waals surface area contributed by atoms with Crippen molar-refractivity contribution in [3.63, 3.8) is 0 Å². The van der Waals surface area contributed by atoms with E-state index in [0.29, 0.717) is 36.9 Å². The van der Waals surface area contributed by atoms with E-state index in [1.165, 1.54) is 11.1 Å². The van der Waals surface area contributed by atoms with Crippen molar-refractivity contribution in [3.05, 3.63) is 64.9 Å². The number of benzene rings is 2. The lowest BCUT2D eigenvalue weighted by Gasteiger charge is -2.07. The topological polar surface area (TPSA) is 59.9 Å². The molecule has 2 aliphatic heterocycles. The number of nitrogens with zero attached hydrogens (tertiary/aromatic N) is 1. The fraction of sp³-hybridized carbons (Fsp3) is 0.273. The Morgan fingerprint density at radius 2 is 1.93 bits per heavy atom. The van der Waals surface area contributed by atoms with E-state index in [2.05, 4.69) is 41.5 Å². The van der Waals surface area contributed by atoms with Gasteiger partial charge in [-0.15, -0.1) is 0 Å². The van der Waals surface area contributed by atoms with Crippen LogP contribution in [0.3, 0.4) is 0 Å². The molecule has 5 heteroatoms. The van der Waals surface area contributed by atoms with Crippen LogP contribution in [0, 0.1) is 6.92 Å². The van der Waals surface area contributed by atoms with Gasteiger partial charge in [0.05, 0.1) is 13.2 Å². The van der Waals surface area contributed by atoms with Gasteiger partial charge in [0, 0.05) is 12.8 Å². The summed E-state index contributed by atoms with van der Waals surface area (Å²) in [6.07, 6.45) is 4.19. The number of amides is 1. The molecule has 0 spiro atoms. The molecule has 2 aliphatic rings. The van der Waals surface area contributed by atoms with Gasteiger partial charge in [-0.25, -0.2) is 4.99 Å². The molecule has 0 saturated carbocycles. The quantitative estimate of drug-likeness (QED) is 0.845. The van der Waals surface area contributed by atoms with Gasteiger partial charge in [0.15, 0.2) is 11.5 Å². The Morgan fingerprint density at radius 3 is 2.78 bits per heavy atom.